The highest BCUT2D eigenvalue weighted by molar-refractivity contribution is 5.86. The molecular formula is C36H50NO5+. The zero-order valence-electron chi connectivity index (χ0n) is 25.5. The van der Waals surface area contributed by atoms with Crippen LogP contribution < -0.4 is 0 Å². The van der Waals surface area contributed by atoms with Gasteiger partial charge in [0.1, 0.15) is 6.10 Å². The van der Waals surface area contributed by atoms with E-state index in [2.05, 4.69) is 6.92 Å². The van der Waals surface area contributed by atoms with Crippen LogP contribution in [0.2, 0.25) is 0 Å². The molecule has 3 heterocycles. The van der Waals surface area contributed by atoms with Gasteiger partial charge in [-0.25, -0.2) is 4.79 Å². The second kappa shape index (κ2) is 14.7. The normalized spacial score (nSPS) is 22.7. The Balaban J connectivity index is 1.27. The average Bonchev–Trinajstić information content (AvgIpc) is 3.56. The largest absolute Gasteiger partial charge is 0.459 e. The van der Waals surface area contributed by atoms with Crippen LogP contribution in [-0.4, -0.2) is 54.5 Å². The van der Waals surface area contributed by atoms with Crippen LogP contribution in [0.4, 0.5) is 0 Å². The molecule has 3 fully saturated rings. The summed E-state index contributed by atoms with van der Waals surface area (Å²) in [4.78, 5) is 27.0. The summed E-state index contributed by atoms with van der Waals surface area (Å²) < 4.78 is 19.6. The van der Waals surface area contributed by atoms with Crippen LogP contribution in [-0.2, 0) is 29.4 Å². The first-order chi connectivity index (χ1) is 20.6. The Hall–Kier alpha value is -2.70. The second-order valence-electron chi connectivity index (χ2n) is 12.7. The van der Waals surface area contributed by atoms with Gasteiger partial charge in [-0.3, -0.25) is 4.79 Å². The van der Waals surface area contributed by atoms with E-state index < -0.39 is 11.6 Å². The maximum atomic E-state index is 14.4. The number of piperidine rings is 1. The monoisotopic (exact) mass is 576 g/mol. The molecule has 0 aromatic heterocycles. The van der Waals surface area contributed by atoms with Crippen LogP contribution >= 0.6 is 0 Å². The molecule has 2 aromatic rings. The van der Waals surface area contributed by atoms with Crippen molar-refractivity contribution in [2.24, 2.45) is 0 Å². The fourth-order valence-corrected chi connectivity index (χ4v) is 8.00. The van der Waals surface area contributed by atoms with Crippen molar-refractivity contribution < 1.29 is 28.3 Å². The fourth-order valence-electron chi connectivity index (χ4n) is 8.00. The molecule has 2 aromatic carbocycles. The lowest BCUT2D eigenvalue weighted by molar-refractivity contribution is -0.956. The highest BCUT2D eigenvalue weighted by Gasteiger charge is 2.57. The summed E-state index contributed by atoms with van der Waals surface area (Å²) in [6.07, 6.45) is 15.1. The Bertz CT molecular complexity index is 1070. The number of esters is 2. The summed E-state index contributed by atoms with van der Waals surface area (Å²) in [5, 5.41) is 0. The Morgan fingerprint density at radius 2 is 1.33 bits per heavy atom. The van der Waals surface area contributed by atoms with E-state index in [4.69, 9.17) is 14.2 Å². The minimum absolute atomic E-state index is 0.130. The van der Waals surface area contributed by atoms with Crippen molar-refractivity contribution in [1.82, 2.24) is 0 Å². The van der Waals surface area contributed by atoms with Crippen LogP contribution in [0.5, 0.6) is 0 Å². The van der Waals surface area contributed by atoms with Crippen LogP contribution in [0.15, 0.2) is 60.7 Å². The molecule has 6 nitrogen and oxygen atoms in total. The van der Waals surface area contributed by atoms with Gasteiger partial charge in [0.05, 0.1) is 25.2 Å². The number of carbonyl (C=O) groups is 2. The molecule has 6 heteroatoms. The Kier molecular flexibility index (Phi) is 10.7. The number of unbranched alkanes of at least 4 members (excludes halogenated alkanes) is 6. The van der Waals surface area contributed by atoms with E-state index >= 15 is 0 Å². The van der Waals surface area contributed by atoms with Crippen LogP contribution in [0.25, 0.3) is 0 Å². The summed E-state index contributed by atoms with van der Waals surface area (Å²) in [5.41, 5.74) is -0.185. The maximum absolute atomic E-state index is 14.4. The topological polar surface area (TPSA) is 61.8 Å². The van der Waals surface area contributed by atoms with Gasteiger partial charge in [-0.15, -0.1) is 0 Å². The van der Waals surface area contributed by atoms with Gasteiger partial charge < -0.3 is 18.7 Å². The Labute approximate surface area is 252 Å². The zero-order chi connectivity index (χ0) is 29.3. The second-order valence-corrected chi connectivity index (χ2v) is 12.7. The van der Waals surface area contributed by atoms with Crippen molar-refractivity contribution in [3.63, 3.8) is 0 Å². The molecule has 42 heavy (non-hydrogen) atoms. The number of hydrogen-bond donors (Lipinski definition) is 0. The van der Waals surface area contributed by atoms with E-state index in [1.54, 1.807) is 0 Å². The van der Waals surface area contributed by atoms with Crippen LogP contribution in [0, 0.1) is 0 Å². The van der Waals surface area contributed by atoms with Crippen molar-refractivity contribution in [2.45, 2.75) is 121 Å². The highest BCUT2D eigenvalue weighted by atomic mass is 16.7. The molecule has 0 saturated carbocycles. The SMILES string of the molecule is CCCCCCCCCC(=O)OCOC(C(=O)OC1CC2CCC(C1)[N+]21CCCC1)(c1ccccc1)c1ccccc1. The van der Waals surface area contributed by atoms with Crippen molar-refractivity contribution in [2.75, 3.05) is 19.9 Å². The number of ether oxygens (including phenoxy) is 3. The minimum Gasteiger partial charge on any atom is -0.459 e. The fraction of sp³-hybridized carbons (Fsp3) is 0.611. The summed E-state index contributed by atoms with van der Waals surface area (Å²) in [5.74, 6) is -0.724. The molecular weight excluding hydrogens is 526 g/mol. The van der Waals surface area contributed by atoms with Crippen molar-refractivity contribution in [3.8, 4) is 0 Å². The van der Waals surface area contributed by atoms with Gasteiger partial charge in [0.15, 0.2) is 6.79 Å². The van der Waals surface area contributed by atoms with Gasteiger partial charge >= 0.3 is 11.9 Å². The quantitative estimate of drug-likeness (QED) is 0.0955. The van der Waals surface area contributed by atoms with E-state index in [0.29, 0.717) is 29.6 Å². The molecule has 0 N–H and O–H groups in total. The molecule has 2 unspecified atom stereocenters. The molecule has 2 bridgehead atoms. The molecule has 1 spiro atoms. The number of carbonyl (C=O) groups excluding carboxylic acids is 2. The molecule has 5 rings (SSSR count). The Morgan fingerprint density at radius 3 is 1.90 bits per heavy atom. The van der Waals surface area contributed by atoms with Crippen LogP contribution in [0.3, 0.4) is 0 Å². The lowest BCUT2D eigenvalue weighted by Gasteiger charge is -2.47. The van der Waals surface area contributed by atoms with E-state index in [1.165, 1.54) is 68.9 Å². The summed E-state index contributed by atoms with van der Waals surface area (Å²) in [6.45, 7) is 4.46. The molecule has 0 radical (unpaired) electrons. The van der Waals surface area contributed by atoms with Gasteiger partial charge in [0, 0.05) is 44.9 Å². The lowest BCUT2D eigenvalue weighted by Crippen LogP contribution is -2.60. The van der Waals surface area contributed by atoms with Gasteiger partial charge in [-0.1, -0.05) is 106 Å². The van der Waals surface area contributed by atoms with E-state index in [1.807, 2.05) is 60.7 Å². The molecule has 3 saturated heterocycles. The van der Waals surface area contributed by atoms with Gasteiger partial charge in [-0.2, -0.15) is 0 Å². The highest BCUT2D eigenvalue weighted by Crippen LogP contribution is 2.47. The number of hydrogen-bond acceptors (Lipinski definition) is 5. The summed E-state index contributed by atoms with van der Waals surface area (Å²) >= 11 is 0. The third-order valence-corrected chi connectivity index (χ3v) is 10.2. The minimum atomic E-state index is -1.53. The van der Waals surface area contributed by atoms with Crippen molar-refractivity contribution in [1.29, 1.82) is 0 Å². The first kappa shape index (κ1) is 30.7. The predicted octanol–water partition coefficient (Wildman–Crippen LogP) is 7.44. The number of nitrogens with zero attached hydrogens (tertiary/aromatic N) is 1. The van der Waals surface area contributed by atoms with E-state index in [0.717, 1.165) is 32.1 Å². The first-order valence-corrected chi connectivity index (χ1v) is 16.6. The van der Waals surface area contributed by atoms with E-state index in [-0.39, 0.29) is 18.9 Å². The third-order valence-electron chi connectivity index (χ3n) is 10.2. The third kappa shape index (κ3) is 6.75. The summed E-state index contributed by atoms with van der Waals surface area (Å²) in [6, 6.07) is 20.2. The van der Waals surface area contributed by atoms with Gasteiger partial charge in [-0.05, 0) is 17.5 Å². The lowest BCUT2D eigenvalue weighted by atomic mass is 9.85. The van der Waals surface area contributed by atoms with Gasteiger partial charge in [0.25, 0.3) is 0 Å². The number of rotatable bonds is 15. The smallest absolute Gasteiger partial charge is 0.348 e. The van der Waals surface area contributed by atoms with Crippen molar-refractivity contribution in [3.05, 3.63) is 71.8 Å². The van der Waals surface area contributed by atoms with Crippen molar-refractivity contribution >= 4 is 11.9 Å². The first-order valence-electron chi connectivity index (χ1n) is 16.6. The van der Waals surface area contributed by atoms with Gasteiger partial charge in [0.2, 0.25) is 5.60 Å². The van der Waals surface area contributed by atoms with Crippen LogP contribution in [0.1, 0.15) is 108 Å². The standard InChI is InChI=1S/C36H50NO5/c1-2-3-4-5-6-7-14-21-34(38)40-28-41-36(29-17-10-8-11-18-29,30-19-12-9-13-20-30)35(39)42-33-26-31-22-23-32(27-33)37(31)24-15-16-25-37/h8-13,17-20,31-33H,2-7,14-16,21-28H2,1H3/q+1. The maximum Gasteiger partial charge on any atom is 0.348 e. The molecule has 0 aliphatic carbocycles. The summed E-state index contributed by atoms with van der Waals surface area (Å²) in [7, 11) is 0. The average molecular weight is 577 g/mol. The molecule has 2 atom stereocenters. The predicted molar refractivity (Wildman–Crippen MR) is 163 cm³/mol. The number of quaternary nitrogens is 1. The molecule has 228 valence electrons. The van der Waals surface area contributed by atoms with E-state index in [9.17, 15) is 9.59 Å². The molecule has 3 aliphatic heterocycles. The zero-order valence-corrected chi connectivity index (χ0v) is 25.5. The molecule has 0 amide bonds. The molecule has 3 aliphatic rings. The number of benzene rings is 2. The Morgan fingerprint density at radius 1 is 0.786 bits per heavy atom.